The Bertz CT molecular complexity index is 814. The predicted octanol–water partition coefficient (Wildman–Crippen LogP) is 3.33. The number of nitrogens with zero attached hydrogens (tertiary/aromatic N) is 1. The molecule has 0 aliphatic heterocycles. The van der Waals surface area contributed by atoms with Gasteiger partial charge >= 0.3 is 0 Å². The van der Waals surface area contributed by atoms with Gasteiger partial charge in [-0.1, -0.05) is 11.6 Å². The maximum atomic E-state index is 13.9. The van der Waals surface area contributed by atoms with Crippen LogP contribution in [0.15, 0.2) is 33.6 Å². The number of nitrogens with two attached hydrogens (primary N) is 1. The normalized spacial score (nSPS) is 11.4. The molecule has 0 saturated heterocycles. The van der Waals surface area contributed by atoms with E-state index in [0.29, 0.717) is 5.69 Å². The molecule has 0 amide bonds. The molecule has 112 valence electrons. The fourth-order valence-electron chi connectivity index (χ4n) is 1.57. The van der Waals surface area contributed by atoms with E-state index in [1.807, 2.05) is 0 Å². The first-order chi connectivity index (χ1) is 9.70. The Morgan fingerprint density at radius 2 is 2.05 bits per heavy atom. The lowest BCUT2D eigenvalue weighted by molar-refractivity contribution is 0.570. The van der Waals surface area contributed by atoms with E-state index in [4.69, 9.17) is 17.3 Å². The Morgan fingerprint density at radius 3 is 2.67 bits per heavy atom. The molecule has 2 rings (SSSR count). The first-order valence-corrected chi connectivity index (χ1v) is 8.26. The fourth-order valence-corrected chi connectivity index (χ4v) is 3.21. The van der Waals surface area contributed by atoms with Crippen molar-refractivity contribution in [3.8, 4) is 0 Å². The number of hydrogen-bond donors (Lipinski definition) is 2. The third-order valence-electron chi connectivity index (χ3n) is 2.57. The van der Waals surface area contributed by atoms with Gasteiger partial charge in [0.15, 0.2) is 5.82 Å². The molecule has 1 heterocycles. The number of pyridine rings is 1. The van der Waals surface area contributed by atoms with Gasteiger partial charge in [-0.05, 0) is 47.1 Å². The minimum atomic E-state index is -4.19. The van der Waals surface area contributed by atoms with Crippen LogP contribution in [0, 0.1) is 12.7 Å². The lowest BCUT2D eigenvalue weighted by Gasteiger charge is -2.10. The number of nitrogens with one attached hydrogen (secondary N) is 1. The largest absolute Gasteiger partial charge is 0.399 e. The second-order valence-electron chi connectivity index (χ2n) is 4.18. The fraction of sp³-hybridized carbons (Fsp3) is 0.0833. The molecule has 0 aliphatic carbocycles. The van der Waals surface area contributed by atoms with Crippen LogP contribution in [0.25, 0.3) is 0 Å². The van der Waals surface area contributed by atoms with Crippen LogP contribution < -0.4 is 10.5 Å². The van der Waals surface area contributed by atoms with Crippen molar-refractivity contribution in [3.05, 3.63) is 45.3 Å². The van der Waals surface area contributed by atoms with Crippen molar-refractivity contribution in [2.75, 3.05) is 10.5 Å². The smallest absolute Gasteiger partial charge is 0.266 e. The van der Waals surface area contributed by atoms with Crippen LogP contribution in [-0.4, -0.2) is 13.4 Å². The monoisotopic (exact) mass is 393 g/mol. The number of benzene rings is 1. The average molecular weight is 395 g/mol. The minimum Gasteiger partial charge on any atom is -0.399 e. The van der Waals surface area contributed by atoms with Gasteiger partial charge in [0.1, 0.15) is 10.7 Å². The van der Waals surface area contributed by atoms with Gasteiger partial charge in [-0.15, -0.1) is 0 Å². The molecule has 0 aliphatic rings. The molecule has 0 radical (unpaired) electrons. The molecule has 2 aromatic rings. The Balaban J connectivity index is 2.45. The molecule has 5 nitrogen and oxygen atoms in total. The summed E-state index contributed by atoms with van der Waals surface area (Å²) >= 11 is 8.86. The highest BCUT2D eigenvalue weighted by atomic mass is 79.9. The summed E-state index contributed by atoms with van der Waals surface area (Å²) in [4.78, 5) is 3.40. The van der Waals surface area contributed by atoms with E-state index in [1.165, 1.54) is 6.07 Å². The van der Waals surface area contributed by atoms with Gasteiger partial charge in [0.05, 0.1) is 10.7 Å². The molecule has 1 aromatic heterocycles. The lowest BCUT2D eigenvalue weighted by Crippen LogP contribution is -2.16. The van der Waals surface area contributed by atoms with Crippen LogP contribution in [0.1, 0.15) is 5.69 Å². The van der Waals surface area contributed by atoms with Crippen molar-refractivity contribution < 1.29 is 12.8 Å². The van der Waals surface area contributed by atoms with E-state index in [1.54, 1.807) is 13.0 Å². The van der Waals surface area contributed by atoms with Gasteiger partial charge in [-0.2, -0.15) is 0 Å². The standard InChI is InChI=1S/C12H10BrClFN3O2S/c1-6-8(13)2-3-11(17-6)18-21(19,20)10-5-7(16)4-9(14)12(10)15/h2-5H,16H2,1H3,(H,17,18). The van der Waals surface area contributed by atoms with E-state index in [9.17, 15) is 12.8 Å². The molecule has 21 heavy (non-hydrogen) atoms. The highest BCUT2D eigenvalue weighted by Crippen LogP contribution is 2.27. The number of sulfonamides is 1. The molecular weight excluding hydrogens is 385 g/mol. The van der Waals surface area contributed by atoms with Gasteiger partial charge in [-0.3, -0.25) is 4.72 Å². The molecule has 0 bridgehead atoms. The number of hydrogen-bond acceptors (Lipinski definition) is 4. The Hall–Kier alpha value is -1.38. The zero-order valence-electron chi connectivity index (χ0n) is 10.7. The zero-order valence-corrected chi connectivity index (χ0v) is 13.9. The van der Waals surface area contributed by atoms with E-state index in [2.05, 4.69) is 25.6 Å². The average Bonchev–Trinajstić information content (AvgIpc) is 2.37. The van der Waals surface area contributed by atoms with Crippen LogP contribution in [0.5, 0.6) is 0 Å². The van der Waals surface area contributed by atoms with Crippen LogP contribution >= 0.6 is 27.5 Å². The number of anilines is 2. The van der Waals surface area contributed by atoms with E-state index in [0.717, 1.165) is 16.6 Å². The Kier molecular flexibility index (Phi) is 4.40. The summed E-state index contributed by atoms with van der Waals surface area (Å²) in [5.74, 6) is -0.999. The highest BCUT2D eigenvalue weighted by molar-refractivity contribution is 9.10. The lowest BCUT2D eigenvalue weighted by atomic mass is 10.3. The zero-order chi connectivity index (χ0) is 15.8. The third kappa shape index (κ3) is 3.45. The van der Waals surface area contributed by atoms with E-state index < -0.39 is 20.7 Å². The van der Waals surface area contributed by atoms with Crippen LogP contribution in [0.4, 0.5) is 15.9 Å². The van der Waals surface area contributed by atoms with Crippen LogP contribution in [0.2, 0.25) is 5.02 Å². The topological polar surface area (TPSA) is 85.1 Å². The molecule has 0 fully saturated rings. The molecule has 0 saturated carbocycles. The van der Waals surface area contributed by atoms with Gasteiger partial charge in [0, 0.05) is 10.2 Å². The number of aromatic nitrogens is 1. The summed E-state index contributed by atoms with van der Waals surface area (Å²) in [6.45, 7) is 1.69. The van der Waals surface area contributed by atoms with Crippen molar-refractivity contribution in [1.29, 1.82) is 0 Å². The second-order valence-corrected chi connectivity index (χ2v) is 7.10. The molecule has 0 spiro atoms. The summed E-state index contributed by atoms with van der Waals surface area (Å²) in [5, 5.41) is -0.365. The minimum absolute atomic E-state index is 0.0433. The Labute approximate surface area is 134 Å². The molecule has 0 unspecified atom stereocenters. The van der Waals surface area contributed by atoms with E-state index >= 15 is 0 Å². The quantitative estimate of drug-likeness (QED) is 0.782. The Morgan fingerprint density at radius 1 is 1.38 bits per heavy atom. The number of rotatable bonds is 3. The van der Waals surface area contributed by atoms with E-state index in [-0.39, 0.29) is 16.5 Å². The van der Waals surface area contributed by atoms with Gasteiger partial charge in [-0.25, -0.2) is 17.8 Å². The summed E-state index contributed by atoms with van der Waals surface area (Å²) in [6.07, 6.45) is 0. The third-order valence-corrected chi connectivity index (χ3v) is 5.03. The summed E-state index contributed by atoms with van der Waals surface area (Å²) < 4.78 is 41.2. The maximum absolute atomic E-state index is 13.9. The predicted molar refractivity (Wildman–Crippen MR) is 83.3 cm³/mol. The molecule has 0 atom stereocenters. The van der Waals surface area contributed by atoms with Crippen molar-refractivity contribution >= 4 is 49.1 Å². The molecular formula is C12H10BrClFN3O2S. The summed E-state index contributed by atoms with van der Waals surface area (Å²) in [6, 6.07) is 5.20. The van der Waals surface area contributed by atoms with Crippen molar-refractivity contribution in [2.45, 2.75) is 11.8 Å². The van der Waals surface area contributed by atoms with Crippen molar-refractivity contribution in [2.24, 2.45) is 0 Å². The van der Waals surface area contributed by atoms with Gasteiger partial charge in [0.25, 0.3) is 10.0 Å². The van der Waals surface area contributed by atoms with Crippen LogP contribution in [-0.2, 0) is 10.0 Å². The second kappa shape index (κ2) is 5.78. The number of aryl methyl sites for hydroxylation is 1. The summed E-state index contributed by atoms with van der Waals surface area (Å²) in [7, 11) is -4.19. The van der Waals surface area contributed by atoms with Gasteiger partial charge < -0.3 is 5.73 Å². The van der Waals surface area contributed by atoms with Crippen molar-refractivity contribution in [3.63, 3.8) is 0 Å². The number of halogens is 3. The first kappa shape index (κ1) is 16.0. The number of nitrogen functional groups attached to an aromatic ring is 1. The molecule has 3 N–H and O–H groups in total. The SMILES string of the molecule is Cc1nc(NS(=O)(=O)c2cc(N)cc(Cl)c2F)ccc1Br. The van der Waals surface area contributed by atoms with Crippen molar-refractivity contribution in [1.82, 2.24) is 4.98 Å². The first-order valence-electron chi connectivity index (χ1n) is 5.61. The molecule has 9 heteroatoms. The van der Waals surface area contributed by atoms with Crippen LogP contribution in [0.3, 0.4) is 0 Å². The molecule has 1 aromatic carbocycles. The summed E-state index contributed by atoms with van der Waals surface area (Å²) in [5.41, 5.74) is 6.12. The highest BCUT2D eigenvalue weighted by Gasteiger charge is 2.22. The maximum Gasteiger partial charge on any atom is 0.266 e. The van der Waals surface area contributed by atoms with Gasteiger partial charge in [0.2, 0.25) is 0 Å².